The Morgan fingerprint density at radius 3 is 2.45 bits per heavy atom. The average molecular weight is 428 g/mol. The van der Waals surface area contributed by atoms with Crippen LogP contribution in [0, 0.1) is 13.8 Å². The zero-order valence-electron chi connectivity index (χ0n) is 16.9. The molecule has 0 saturated carbocycles. The molecule has 4 rings (SSSR count). The van der Waals surface area contributed by atoms with Crippen molar-refractivity contribution in [2.45, 2.75) is 33.0 Å². The van der Waals surface area contributed by atoms with Gasteiger partial charge in [0, 0.05) is 11.4 Å². The molecule has 2 N–H and O–H groups in total. The fraction of sp³-hybridized carbons (Fsp3) is 0.238. The number of aromatic nitrogens is 4. The first kappa shape index (κ1) is 20.6. The minimum absolute atomic E-state index is 0.297. The molecule has 2 heterocycles. The molecule has 0 aliphatic carbocycles. The SMILES string of the molecule is CC1=C(C(=O)Nc2ccc(C)cc2C)C(c2ccc(C(F)(F)F)cc2)n2nnnc2N1. The van der Waals surface area contributed by atoms with Gasteiger partial charge in [0.25, 0.3) is 5.91 Å². The Labute approximate surface area is 176 Å². The van der Waals surface area contributed by atoms with Crippen LogP contribution >= 0.6 is 0 Å². The maximum absolute atomic E-state index is 13.3. The molecule has 31 heavy (non-hydrogen) atoms. The van der Waals surface area contributed by atoms with Gasteiger partial charge in [-0.3, -0.25) is 4.79 Å². The van der Waals surface area contributed by atoms with Crippen molar-refractivity contribution >= 4 is 17.5 Å². The largest absolute Gasteiger partial charge is 0.416 e. The fourth-order valence-corrected chi connectivity index (χ4v) is 3.61. The Kier molecular flexibility index (Phi) is 5.00. The first-order valence-corrected chi connectivity index (χ1v) is 9.46. The van der Waals surface area contributed by atoms with Gasteiger partial charge in [0.1, 0.15) is 6.04 Å². The topological polar surface area (TPSA) is 84.7 Å². The fourth-order valence-electron chi connectivity index (χ4n) is 3.61. The van der Waals surface area contributed by atoms with Crippen LogP contribution in [0.25, 0.3) is 0 Å². The number of nitrogens with one attached hydrogen (secondary N) is 2. The summed E-state index contributed by atoms with van der Waals surface area (Å²) in [5, 5.41) is 17.3. The summed E-state index contributed by atoms with van der Waals surface area (Å²) in [5.74, 6) is -0.103. The first-order chi connectivity index (χ1) is 14.6. The molecule has 1 aliphatic rings. The van der Waals surface area contributed by atoms with Gasteiger partial charge in [0.2, 0.25) is 5.95 Å². The standard InChI is InChI=1S/C21H19F3N6O/c1-11-4-9-16(12(2)10-11)26-19(31)17-13(3)25-20-27-28-29-30(20)18(17)14-5-7-15(8-6-14)21(22,23)24/h4-10,18H,1-3H3,(H,26,31)(H,25,27,29). The monoisotopic (exact) mass is 428 g/mol. The van der Waals surface area contributed by atoms with Gasteiger partial charge in [-0.15, -0.1) is 0 Å². The van der Waals surface area contributed by atoms with Gasteiger partial charge >= 0.3 is 6.18 Å². The van der Waals surface area contributed by atoms with Crippen LogP contribution in [0.4, 0.5) is 24.8 Å². The number of nitrogens with zero attached hydrogens (tertiary/aromatic N) is 4. The maximum atomic E-state index is 13.3. The second-order valence-electron chi connectivity index (χ2n) is 7.41. The molecular weight excluding hydrogens is 409 g/mol. The third kappa shape index (κ3) is 3.88. The van der Waals surface area contributed by atoms with Crippen LogP contribution in [-0.4, -0.2) is 26.1 Å². The highest BCUT2D eigenvalue weighted by Crippen LogP contribution is 2.37. The Morgan fingerprint density at radius 2 is 1.81 bits per heavy atom. The number of halogens is 3. The number of aryl methyl sites for hydroxylation is 2. The number of hydrogen-bond acceptors (Lipinski definition) is 5. The smallest absolute Gasteiger partial charge is 0.326 e. The quantitative estimate of drug-likeness (QED) is 0.652. The molecule has 0 bridgehead atoms. The molecule has 0 fully saturated rings. The molecule has 1 atom stereocenters. The highest BCUT2D eigenvalue weighted by molar-refractivity contribution is 6.06. The van der Waals surface area contributed by atoms with E-state index in [9.17, 15) is 18.0 Å². The Balaban J connectivity index is 1.75. The average Bonchev–Trinajstić information content (AvgIpc) is 3.16. The molecule has 160 valence electrons. The predicted molar refractivity (Wildman–Crippen MR) is 108 cm³/mol. The summed E-state index contributed by atoms with van der Waals surface area (Å²) < 4.78 is 40.4. The summed E-state index contributed by atoms with van der Waals surface area (Å²) in [4.78, 5) is 13.3. The molecule has 2 aromatic carbocycles. The Bertz CT molecular complexity index is 1180. The lowest BCUT2D eigenvalue weighted by Gasteiger charge is -2.28. The van der Waals surface area contributed by atoms with Crippen molar-refractivity contribution in [3.63, 3.8) is 0 Å². The second-order valence-corrected chi connectivity index (χ2v) is 7.41. The highest BCUT2D eigenvalue weighted by Gasteiger charge is 2.35. The number of fused-ring (bicyclic) bond motifs is 1. The number of alkyl halides is 3. The number of tetrazole rings is 1. The highest BCUT2D eigenvalue weighted by atomic mass is 19.4. The second kappa shape index (κ2) is 7.53. The molecule has 0 spiro atoms. The van der Waals surface area contributed by atoms with Gasteiger partial charge in [-0.05, 0) is 60.5 Å². The molecule has 1 aliphatic heterocycles. The Morgan fingerprint density at radius 1 is 1.10 bits per heavy atom. The molecule has 3 aromatic rings. The van der Waals surface area contributed by atoms with E-state index < -0.39 is 23.7 Å². The van der Waals surface area contributed by atoms with E-state index in [-0.39, 0.29) is 0 Å². The number of carbonyl (C=O) groups is 1. The van der Waals surface area contributed by atoms with E-state index >= 15 is 0 Å². The minimum Gasteiger partial charge on any atom is -0.326 e. The van der Waals surface area contributed by atoms with Crippen LogP contribution in [0.1, 0.15) is 35.2 Å². The van der Waals surface area contributed by atoms with Crippen LogP contribution in [0.15, 0.2) is 53.7 Å². The Hall–Kier alpha value is -3.69. The van der Waals surface area contributed by atoms with Gasteiger partial charge in [0.15, 0.2) is 0 Å². The molecular formula is C21H19F3N6O. The molecule has 0 radical (unpaired) electrons. The van der Waals surface area contributed by atoms with Crippen molar-refractivity contribution in [2.24, 2.45) is 0 Å². The van der Waals surface area contributed by atoms with Gasteiger partial charge < -0.3 is 10.6 Å². The van der Waals surface area contributed by atoms with Crippen molar-refractivity contribution in [2.75, 3.05) is 10.6 Å². The summed E-state index contributed by atoms with van der Waals surface area (Å²) in [6.45, 7) is 5.54. The van der Waals surface area contributed by atoms with Crippen molar-refractivity contribution in [1.29, 1.82) is 0 Å². The minimum atomic E-state index is -4.46. The third-order valence-corrected chi connectivity index (χ3v) is 5.14. The van der Waals surface area contributed by atoms with Crippen molar-refractivity contribution in [3.05, 3.63) is 76.0 Å². The van der Waals surface area contributed by atoms with Crippen LogP contribution < -0.4 is 10.6 Å². The maximum Gasteiger partial charge on any atom is 0.416 e. The number of benzene rings is 2. The van der Waals surface area contributed by atoms with Gasteiger partial charge in [-0.2, -0.15) is 17.9 Å². The van der Waals surface area contributed by atoms with E-state index in [1.165, 1.54) is 16.8 Å². The van der Waals surface area contributed by atoms with Gasteiger partial charge in [0.05, 0.1) is 11.1 Å². The third-order valence-electron chi connectivity index (χ3n) is 5.14. The van der Waals surface area contributed by atoms with E-state index in [0.29, 0.717) is 28.5 Å². The lowest BCUT2D eigenvalue weighted by Crippen LogP contribution is -2.31. The molecule has 1 unspecified atom stereocenters. The van der Waals surface area contributed by atoms with Crippen LogP contribution in [-0.2, 0) is 11.0 Å². The van der Waals surface area contributed by atoms with Crippen LogP contribution in [0.2, 0.25) is 0 Å². The van der Waals surface area contributed by atoms with Crippen LogP contribution in [0.5, 0.6) is 0 Å². The summed E-state index contributed by atoms with van der Waals surface area (Å²) in [5.41, 5.74) is 3.09. The van der Waals surface area contributed by atoms with E-state index in [0.717, 1.165) is 23.3 Å². The number of allylic oxidation sites excluding steroid dienone is 1. The summed E-state index contributed by atoms with van der Waals surface area (Å²) in [6, 6.07) is 9.48. The predicted octanol–water partition coefficient (Wildman–Crippen LogP) is 4.24. The van der Waals surface area contributed by atoms with Crippen molar-refractivity contribution in [3.8, 4) is 0 Å². The normalized spacial score (nSPS) is 16.0. The number of hydrogen-bond donors (Lipinski definition) is 2. The molecule has 1 amide bonds. The zero-order chi connectivity index (χ0) is 22.3. The molecule has 0 saturated heterocycles. The first-order valence-electron chi connectivity index (χ1n) is 9.46. The van der Waals surface area contributed by atoms with Crippen LogP contribution in [0.3, 0.4) is 0 Å². The van der Waals surface area contributed by atoms with Crippen molar-refractivity contribution in [1.82, 2.24) is 20.2 Å². The lowest BCUT2D eigenvalue weighted by atomic mass is 9.94. The molecule has 1 aromatic heterocycles. The van der Waals surface area contributed by atoms with Gasteiger partial charge in [-0.25, -0.2) is 0 Å². The number of anilines is 2. The number of carbonyl (C=O) groups excluding carboxylic acids is 1. The van der Waals surface area contributed by atoms with Gasteiger partial charge in [-0.1, -0.05) is 34.9 Å². The molecule has 7 nitrogen and oxygen atoms in total. The van der Waals surface area contributed by atoms with E-state index in [4.69, 9.17) is 0 Å². The van der Waals surface area contributed by atoms with E-state index in [1.807, 2.05) is 32.0 Å². The summed E-state index contributed by atoms with van der Waals surface area (Å²) in [6.07, 6.45) is -4.46. The summed E-state index contributed by atoms with van der Waals surface area (Å²) in [7, 11) is 0. The summed E-state index contributed by atoms with van der Waals surface area (Å²) >= 11 is 0. The zero-order valence-corrected chi connectivity index (χ0v) is 16.9. The lowest BCUT2D eigenvalue weighted by molar-refractivity contribution is -0.137. The van der Waals surface area contributed by atoms with E-state index in [2.05, 4.69) is 26.2 Å². The molecule has 10 heteroatoms. The number of rotatable bonds is 3. The van der Waals surface area contributed by atoms with Crippen molar-refractivity contribution < 1.29 is 18.0 Å². The van der Waals surface area contributed by atoms with E-state index in [1.54, 1.807) is 6.92 Å². The number of amides is 1.